The van der Waals surface area contributed by atoms with E-state index >= 15 is 0 Å². The number of pyridine rings is 1. The molecule has 1 aromatic carbocycles. The van der Waals surface area contributed by atoms with Crippen molar-refractivity contribution in [2.75, 3.05) is 5.73 Å². The van der Waals surface area contributed by atoms with Crippen molar-refractivity contribution in [3.05, 3.63) is 42.6 Å². The first-order valence-electron chi connectivity index (χ1n) is 5.39. The highest BCUT2D eigenvalue weighted by atomic mass is 15.3. The number of nitrogens with two attached hydrogens (primary N) is 1. The van der Waals surface area contributed by atoms with Gasteiger partial charge in [-0.25, -0.2) is 4.98 Å². The average molecular weight is 224 g/mol. The zero-order valence-electron chi connectivity index (χ0n) is 9.46. The van der Waals surface area contributed by atoms with E-state index in [4.69, 9.17) is 5.73 Å². The number of hydrogen-bond acceptors (Lipinski definition) is 3. The van der Waals surface area contributed by atoms with E-state index in [2.05, 4.69) is 22.2 Å². The molecule has 0 aliphatic heterocycles. The van der Waals surface area contributed by atoms with E-state index < -0.39 is 0 Å². The van der Waals surface area contributed by atoms with Gasteiger partial charge in [0.05, 0.1) is 17.6 Å². The normalized spacial score (nSPS) is 10.9. The molecule has 84 valence electrons. The number of aryl methyl sites for hydroxylation is 1. The van der Waals surface area contributed by atoms with Crippen molar-refractivity contribution < 1.29 is 0 Å². The molecule has 0 saturated carbocycles. The fraction of sp³-hybridized carbons (Fsp3) is 0.0769. The van der Waals surface area contributed by atoms with Crippen molar-refractivity contribution in [1.29, 1.82) is 0 Å². The zero-order chi connectivity index (χ0) is 11.8. The lowest BCUT2D eigenvalue weighted by atomic mass is 10.1. The van der Waals surface area contributed by atoms with Crippen molar-refractivity contribution in [1.82, 2.24) is 14.8 Å². The Balaban J connectivity index is 2.35. The Morgan fingerprint density at radius 3 is 2.71 bits per heavy atom. The van der Waals surface area contributed by atoms with Gasteiger partial charge in [0.25, 0.3) is 0 Å². The third-order valence-electron chi connectivity index (χ3n) is 2.76. The molecule has 4 heteroatoms. The molecule has 3 aromatic rings. The van der Waals surface area contributed by atoms with Gasteiger partial charge in [-0.3, -0.25) is 4.68 Å². The molecule has 4 nitrogen and oxygen atoms in total. The Hall–Kier alpha value is -2.36. The van der Waals surface area contributed by atoms with E-state index in [9.17, 15) is 0 Å². The predicted octanol–water partition coefficient (Wildman–Crippen LogP) is 2.22. The Labute approximate surface area is 98.7 Å². The Morgan fingerprint density at radius 1 is 1.18 bits per heavy atom. The van der Waals surface area contributed by atoms with Crippen molar-refractivity contribution in [2.24, 2.45) is 7.05 Å². The largest absolute Gasteiger partial charge is 0.397 e. The molecular weight excluding hydrogens is 212 g/mol. The molecule has 0 bridgehead atoms. The van der Waals surface area contributed by atoms with Crippen LogP contribution >= 0.6 is 0 Å². The van der Waals surface area contributed by atoms with E-state index in [0.717, 1.165) is 22.3 Å². The van der Waals surface area contributed by atoms with Crippen molar-refractivity contribution in [2.45, 2.75) is 0 Å². The number of rotatable bonds is 1. The van der Waals surface area contributed by atoms with Gasteiger partial charge in [0, 0.05) is 18.0 Å². The molecule has 0 radical (unpaired) electrons. The predicted molar refractivity (Wildman–Crippen MR) is 68.4 cm³/mol. The summed E-state index contributed by atoms with van der Waals surface area (Å²) >= 11 is 0. The van der Waals surface area contributed by atoms with Gasteiger partial charge in [0.15, 0.2) is 5.65 Å². The Bertz CT molecular complexity index is 670. The van der Waals surface area contributed by atoms with Crippen LogP contribution in [0.15, 0.2) is 42.6 Å². The van der Waals surface area contributed by atoms with Crippen LogP contribution in [-0.2, 0) is 7.05 Å². The second kappa shape index (κ2) is 3.59. The second-order valence-corrected chi connectivity index (χ2v) is 3.98. The smallest absolute Gasteiger partial charge is 0.181 e. The van der Waals surface area contributed by atoms with Gasteiger partial charge in [-0.1, -0.05) is 30.3 Å². The minimum Gasteiger partial charge on any atom is -0.397 e. The van der Waals surface area contributed by atoms with E-state index in [0.29, 0.717) is 5.69 Å². The van der Waals surface area contributed by atoms with Crippen LogP contribution in [0.25, 0.3) is 22.3 Å². The summed E-state index contributed by atoms with van der Waals surface area (Å²) in [6.07, 6.45) is 1.63. The summed E-state index contributed by atoms with van der Waals surface area (Å²) in [5.41, 5.74) is 9.32. The lowest BCUT2D eigenvalue weighted by Crippen LogP contribution is -1.93. The summed E-state index contributed by atoms with van der Waals surface area (Å²) in [4.78, 5) is 4.23. The minimum atomic E-state index is 0.655. The van der Waals surface area contributed by atoms with Crippen LogP contribution in [-0.4, -0.2) is 14.8 Å². The minimum absolute atomic E-state index is 0.655. The van der Waals surface area contributed by atoms with Gasteiger partial charge in [-0.15, -0.1) is 0 Å². The van der Waals surface area contributed by atoms with Crippen molar-refractivity contribution in [3.8, 4) is 11.3 Å². The van der Waals surface area contributed by atoms with Gasteiger partial charge < -0.3 is 5.73 Å². The lowest BCUT2D eigenvalue weighted by molar-refractivity contribution is 0.784. The van der Waals surface area contributed by atoms with Crippen LogP contribution in [0.3, 0.4) is 0 Å². The average Bonchev–Trinajstić information content (AvgIpc) is 2.65. The van der Waals surface area contributed by atoms with Crippen LogP contribution in [0.5, 0.6) is 0 Å². The summed E-state index contributed by atoms with van der Waals surface area (Å²) in [7, 11) is 1.92. The van der Waals surface area contributed by atoms with Crippen LogP contribution in [0.1, 0.15) is 0 Å². The summed E-state index contributed by atoms with van der Waals surface area (Å²) < 4.78 is 1.84. The third-order valence-corrected chi connectivity index (χ3v) is 2.76. The van der Waals surface area contributed by atoms with Crippen molar-refractivity contribution in [3.63, 3.8) is 0 Å². The number of nitrogen functional groups attached to an aromatic ring is 1. The van der Waals surface area contributed by atoms with Crippen LogP contribution in [0.4, 0.5) is 5.69 Å². The number of nitrogens with zero attached hydrogens (tertiary/aromatic N) is 3. The molecule has 0 saturated heterocycles. The summed E-state index contributed by atoms with van der Waals surface area (Å²) in [6, 6.07) is 12.0. The molecule has 0 spiro atoms. The Kier molecular flexibility index (Phi) is 2.08. The standard InChI is InChI=1S/C13H12N4/c1-17-12(9-5-3-2-4-6-9)11-7-10(14)8-15-13(11)16-17/h2-8H,14H2,1H3. The highest BCUT2D eigenvalue weighted by Gasteiger charge is 2.11. The maximum absolute atomic E-state index is 5.78. The topological polar surface area (TPSA) is 56.7 Å². The van der Waals surface area contributed by atoms with E-state index in [1.165, 1.54) is 0 Å². The summed E-state index contributed by atoms with van der Waals surface area (Å²) in [6.45, 7) is 0. The SMILES string of the molecule is Cn1nc2ncc(N)cc2c1-c1ccccc1. The first-order chi connectivity index (χ1) is 8.25. The molecule has 0 amide bonds. The molecule has 2 aromatic heterocycles. The van der Waals surface area contributed by atoms with Gasteiger partial charge in [0.1, 0.15) is 0 Å². The van der Waals surface area contributed by atoms with Crippen LogP contribution < -0.4 is 5.73 Å². The van der Waals surface area contributed by atoms with Gasteiger partial charge in [-0.05, 0) is 6.07 Å². The highest BCUT2D eigenvalue weighted by Crippen LogP contribution is 2.27. The molecule has 0 unspecified atom stereocenters. The zero-order valence-corrected chi connectivity index (χ0v) is 9.46. The fourth-order valence-corrected chi connectivity index (χ4v) is 2.03. The van der Waals surface area contributed by atoms with E-state index in [1.807, 2.05) is 36.0 Å². The number of fused-ring (bicyclic) bond motifs is 1. The molecule has 0 atom stereocenters. The fourth-order valence-electron chi connectivity index (χ4n) is 2.03. The van der Waals surface area contributed by atoms with E-state index in [-0.39, 0.29) is 0 Å². The highest BCUT2D eigenvalue weighted by molar-refractivity contribution is 5.92. The molecule has 2 N–H and O–H groups in total. The molecular formula is C13H12N4. The number of anilines is 1. The maximum Gasteiger partial charge on any atom is 0.181 e. The quantitative estimate of drug-likeness (QED) is 0.689. The first kappa shape index (κ1) is 9.84. The lowest BCUT2D eigenvalue weighted by Gasteiger charge is -2.02. The molecule has 3 rings (SSSR count). The monoisotopic (exact) mass is 224 g/mol. The number of aromatic nitrogens is 3. The van der Waals surface area contributed by atoms with Crippen molar-refractivity contribution >= 4 is 16.7 Å². The van der Waals surface area contributed by atoms with Gasteiger partial charge >= 0.3 is 0 Å². The number of benzene rings is 1. The van der Waals surface area contributed by atoms with E-state index in [1.54, 1.807) is 6.20 Å². The van der Waals surface area contributed by atoms with Crippen LogP contribution in [0.2, 0.25) is 0 Å². The molecule has 0 aliphatic rings. The molecule has 17 heavy (non-hydrogen) atoms. The molecule has 2 heterocycles. The summed E-state index contributed by atoms with van der Waals surface area (Å²) in [5.74, 6) is 0. The third kappa shape index (κ3) is 1.54. The molecule has 0 aliphatic carbocycles. The van der Waals surface area contributed by atoms with Gasteiger partial charge in [-0.2, -0.15) is 5.10 Å². The Morgan fingerprint density at radius 2 is 1.94 bits per heavy atom. The molecule has 0 fully saturated rings. The van der Waals surface area contributed by atoms with Crippen LogP contribution in [0, 0.1) is 0 Å². The van der Waals surface area contributed by atoms with Gasteiger partial charge in [0.2, 0.25) is 0 Å². The summed E-state index contributed by atoms with van der Waals surface area (Å²) in [5, 5.41) is 5.37. The number of hydrogen-bond donors (Lipinski definition) is 1. The maximum atomic E-state index is 5.78. The second-order valence-electron chi connectivity index (χ2n) is 3.98. The first-order valence-corrected chi connectivity index (χ1v) is 5.39.